The zero-order chi connectivity index (χ0) is 15.5. The molecule has 0 atom stereocenters. The Kier molecular flexibility index (Phi) is 4.03. The van der Waals surface area contributed by atoms with Crippen LogP contribution < -0.4 is 4.74 Å². The molecule has 22 heavy (non-hydrogen) atoms. The second-order valence-electron chi connectivity index (χ2n) is 4.14. The average molecular weight is 338 g/mol. The Bertz CT molecular complexity index is 803. The van der Waals surface area contributed by atoms with Crippen LogP contribution in [-0.4, -0.2) is 15.1 Å². The topological polar surface area (TPSA) is 91.3 Å². The molecule has 0 aliphatic carbocycles. The van der Waals surface area contributed by atoms with E-state index in [1.165, 1.54) is 29.5 Å². The lowest BCUT2D eigenvalue weighted by Crippen LogP contribution is -1.97. The third-order valence-corrected chi connectivity index (χ3v) is 3.85. The van der Waals surface area contributed by atoms with Gasteiger partial charge in [-0.15, -0.1) is 21.5 Å². The number of ether oxygens (including phenoxy) is 1. The molecule has 0 saturated heterocycles. The fraction of sp³-hybridized carbons (Fsp3) is 0.0769. The van der Waals surface area contributed by atoms with Crippen LogP contribution in [0, 0.1) is 10.1 Å². The van der Waals surface area contributed by atoms with Gasteiger partial charge in [0.15, 0.2) is 6.61 Å². The van der Waals surface area contributed by atoms with Crippen molar-refractivity contribution >= 4 is 28.6 Å². The van der Waals surface area contributed by atoms with Crippen molar-refractivity contribution in [3.63, 3.8) is 0 Å². The average Bonchev–Trinajstić information content (AvgIpc) is 3.17. The molecule has 3 rings (SSSR count). The quantitative estimate of drug-likeness (QED) is 0.517. The first-order valence-corrected chi connectivity index (χ1v) is 7.32. The Morgan fingerprint density at radius 1 is 1.36 bits per heavy atom. The van der Waals surface area contributed by atoms with E-state index in [1.54, 1.807) is 0 Å². The number of nitro benzene ring substituents is 1. The second-order valence-corrected chi connectivity index (χ2v) is 5.49. The highest BCUT2D eigenvalue weighted by Crippen LogP contribution is 2.30. The van der Waals surface area contributed by atoms with Crippen molar-refractivity contribution in [3.05, 3.63) is 56.7 Å². The van der Waals surface area contributed by atoms with E-state index in [1.807, 2.05) is 17.5 Å². The molecule has 0 bridgehead atoms. The van der Waals surface area contributed by atoms with E-state index in [-0.39, 0.29) is 29.0 Å². The van der Waals surface area contributed by atoms with Crippen molar-refractivity contribution in [2.75, 3.05) is 0 Å². The maximum absolute atomic E-state index is 10.7. The van der Waals surface area contributed by atoms with E-state index in [2.05, 4.69) is 10.2 Å². The zero-order valence-electron chi connectivity index (χ0n) is 10.9. The number of nitrogens with zero attached hydrogens (tertiary/aromatic N) is 3. The standard InChI is InChI=1S/C13H8ClN3O4S/c14-9-4-3-8(17(18)19)6-10(9)20-7-12-15-16-13(21-12)11-2-1-5-22-11/h1-6H,7H2. The Morgan fingerprint density at radius 3 is 2.95 bits per heavy atom. The van der Waals surface area contributed by atoms with E-state index < -0.39 is 4.92 Å². The minimum absolute atomic E-state index is 0.0285. The van der Waals surface area contributed by atoms with E-state index >= 15 is 0 Å². The number of thiophene rings is 1. The van der Waals surface area contributed by atoms with Crippen LogP contribution in [0.25, 0.3) is 10.8 Å². The predicted molar refractivity (Wildman–Crippen MR) is 80.0 cm³/mol. The molecule has 0 radical (unpaired) electrons. The lowest BCUT2D eigenvalue weighted by Gasteiger charge is -2.05. The van der Waals surface area contributed by atoms with Crippen molar-refractivity contribution in [1.29, 1.82) is 0 Å². The fourth-order valence-corrected chi connectivity index (χ4v) is 2.48. The van der Waals surface area contributed by atoms with Crippen LogP contribution in [0.5, 0.6) is 5.75 Å². The molecule has 0 aliphatic rings. The van der Waals surface area contributed by atoms with Gasteiger partial charge in [-0.25, -0.2) is 0 Å². The molecule has 0 N–H and O–H groups in total. The molecule has 0 amide bonds. The van der Waals surface area contributed by atoms with E-state index in [9.17, 15) is 10.1 Å². The summed E-state index contributed by atoms with van der Waals surface area (Å²) < 4.78 is 10.9. The van der Waals surface area contributed by atoms with Crippen LogP contribution in [-0.2, 0) is 6.61 Å². The largest absolute Gasteiger partial charge is 0.482 e. The van der Waals surface area contributed by atoms with Crippen LogP contribution in [0.15, 0.2) is 40.1 Å². The van der Waals surface area contributed by atoms with Gasteiger partial charge in [-0.3, -0.25) is 10.1 Å². The van der Waals surface area contributed by atoms with Gasteiger partial charge in [0, 0.05) is 6.07 Å². The van der Waals surface area contributed by atoms with Crippen molar-refractivity contribution in [1.82, 2.24) is 10.2 Å². The third-order valence-electron chi connectivity index (χ3n) is 2.68. The van der Waals surface area contributed by atoms with Crippen LogP contribution in [0.4, 0.5) is 5.69 Å². The molecule has 1 aromatic carbocycles. The molecule has 0 spiro atoms. The Balaban J connectivity index is 1.73. The number of benzene rings is 1. The summed E-state index contributed by atoms with van der Waals surface area (Å²) in [4.78, 5) is 11.1. The first-order chi connectivity index (χ1) is 10.6. The van der Waals surface area contributed by atoms with E-state index in [0.29, 0.717) is 5.89 Å². The van der Waals surface area contributed by atoms with Gasteiger partial charge in [0.25, 0.3) is 17.5 Å². The van der Waals surface area contributed by atoms with Gasteiger partial charge in [0.1, 0.15) is 5.75 Å². The molecule has 112 valence electrons. The highest BCUT2D eigenvalue weighted by molar-refractivity contribution is 7.13. The predicted octanol–water partition coefficient (Wildman–Crippen LogP) is 3.94. The molecule has 0 aliphatic heterocycles. The van der Waals surface area contributed by atoms with E-state index in [4.69, 9.17) is 20.8 Å². The second kappa shape index (κ2) is 6.12. The summed E-state index contributed by atoms with van der Waals surface area (Å²) in [6, 6.07) is 7.69. The number of non-ortho nitro benzene ring substituents is 1. The Morgan fingerprint density at radius 2 is 2.23 bits per heavy atom. The SMILES string of the molecule is O=[N+]([O-])c1ccc(Cl)c(OCc2nnc(-c3cccs3)o2)c1. The summed E-state index contributed by atoms with van der Waals surface area (Å²) in [6.45, 7) is -0.0285. The minimum Gasteiger partial charge on any atom is -0.482 e. The first kappa shape index (κ1) is 14.5. The number of aromatic nitrogens is 2. The van der Waals surface area contributed by atoms with Crippen molar-refractivity contribution < 1.29 is 14.1 Å². The molecular formula is C13H8ClN3O4S. The summed E-state index contributed by atoms with van der Waals surface area (Å²) in [5.41, 5.74) is -0.107. The monoisotopic (exact) mass is 337 g/mol. The highest BCUT2D eigenvalue weighted by atomic mass is 35.5. The summed E-state index contributed by atoms with van der Waals surface area (Å²) in [5, 5.41) is 20.7. The lowest BCUT2D eigenvalue weighted by molar-refractivity contribution is -0.384. The smallest absolute Gasteiger partial charge is 0.273 e. The number of nitro groups is 1. The molecule has 0 unspecified atom stereocenters. The van der Waals surface area contributed by atoms with Gasteiger partial charge < -0.3 is 9.15 Å². The molecule has 2 aromatic heterocycles. The molecule has 9 heteroatoms. The highest BCUT2D eigenvalue weighted by Gasteiger charge is 2.13. The Labute approximate surface area is 133 Å². The van der Waals surface area contributed by atoms with Gasteiger partial charge in [-0.05, 0) is 17.5 Å². The van der Waals surface area contributed by atoms with Gasteiger partial charge in [-0.2, -0.15) is 0 Å². The van der Waals surface area contributed by atoms with Gasteiger partial charge in [0.05, 0.1) is 20.9 Å². The molecule has 0 saturated carbocycles. The van der Waals surface area contributed by atoms with Crippen molar-refractivity contribution in [2.24, 2.45) is 0 Å². The maximum Gasteiger partial charge on any atom is 0.273 e. The number of hydrogen-bond donors (Lipinski definition) is 0. The summed E-state index contributed by atoms with van der Waals surface area (Å²) >= 11 is 7.42. The molecule has 3 aromatic rings. The summed E-state index contributed by atoms with van der Waals surface area (Å²) in [5.74, 6) is 0.844. The summed E-state index contributed by atoms with van der Waals surface area (Å²) in [7, 11) is 0. The Hall–Kier alpha value is -2.45. The third kappa shape index (κ3) is 3.07. The number of hydrogen-bond acceptors (Lipinski definition) is 7. The summed E-state index contributed by atoms with van der Waals surface area (Å²) in [6.07, 6.45) is 0. The van der Waals surface area contributed by atoms with Gasteiger partial charge >= 0.3 is 0 Å². The van der Waals surface area contributed by atoms with Gasteiger partial charge in [0.2, 0.25) is 0 Å². The molecule has 7 nitrogen and oxygen atoms in total. The number of rotatable bonds is 5. The lowest BCUT2D eigenvalue weighted by atomic mass is 10.3. The molecule has 2 heterocycles. The molecular weight excluding hydrogens is 330 g/mol. The van der Waals surface area contributed by atoms with E-state index in [0.717, 1.165) is 4.88 Å². The van der Waals surface area contributed by atoms with Crippen LogP contribution in [0.2, 0.25) is 5.02 Å². The molecule has 0 fully saturated rings. The normalized spacial score (nSPS) is 10.6. The van der Waals surface area contributed by atoms with Crippen LogP contribution in [0.1, 0.15) is 5.89 Å². The number of halogens is 1. The van der Waals surface area contributed by atoms with Gasteiger partial charge in [-0.1, -0.05) is 17.7 Å². The zero-order valence-corrected chi connectivity index (χ0v) is 12.5. The maximum atomic E-state index is 10.7. The van der Waals surface area contributed by atoms with Crippen LogP contribution >= 0.6 is 22.9 Å². The minimum atomic E-state index is -0.523. The fourth-order valence-electron chi connectivity index (χ4n) is 1.67. The first-order valence-electron chi connectivity index (χ1n) is 6.06. The van der Waals surface area contributed by atoms with Crippen molar-refractivity contribution in [3.8, 4) is 16.5 Å². The van der Waals surface area contributed by atoms with Crippen LogP contribution in [0.3, 0.4) is 0 Å². The van der Waals surface area contributed by atoms with Crippen molar-refractivity contribution in [2.45, 2.75) is 6.61 Å².